The molecule has 0 aromatic heterocycles. The van der Waals surface area contributed by atoms with Gasteiger partial charge in [-0.05, 0) is 38.3 Å². The van der Waals surface area contributed by atoms with Gasteiger partial charge in [0.1, 0.15) is 0 Å². The third kappa shape index (κ3) is 4.76. The lowest BCUT2D eigenvalue weighted by Gasteiger charge is -2.21. The molecule has 1 aliphatic rings. The molecule has 120 valence electrons. The Balaban J connectivity index is 1.72. The number of aliphatic imine (C=N–C) groups is 1. The minimum absolute atomic E-state index is 0.0925. The summed E-state index contributed by atoms with van der Waals surface area (Å²) in [6.07, 6.45) is 1.23. The van der Waals surface area contributed by atoms with Gasteiger partial charge in [0.2, 0.25) is 5.91 Å². The molecule has 0 atom stereocenters. The Morgan fingerprint density at radius 2 is 1.86 bits per heavy atom. The van der Waals surface area contributed by atoms with Gasteiger partial charge in [-0.2, -0.15) is 0 Å². The van der Waals surface area contributed by atoms with Gasteiger partial charge in [-0.1, -0.05) is 24.3 Å². The molecule has 0 spiro atoms. The van der Waals surface area contributed by atoms with E-state index in [1.807, 2.05) is 37.8 Å². The summed E-state index contributed by atoms with van der Waals surface area (Å²) >= 11 is 0. The van der Waals surface area contributed by atoms with E-state index in [1.165, 1.54) is 11.1 Å². The smallest absolute Gasteiger partial charge is 0.223 e. The van der Waals surface area contributed by atoms with Gasteiger partial charge in [-0.25, -0.2) is 0 Å². The summed E-state index contributed by atoms with van der Waals surface area (Å²) in [6, 6.07) is 8.22. The van der Waals surface area contributed by atoms with E-state index in [-0.39, 0.29) is 11.4 Å². The Morgan fingerprint density at radius 1 is 1.27 bits per heavy atom. The van der Waals surface area contributed by atoms with Crippen LogP contribution in [0.25, 0.3) is 0 Å². The highest BCUT2D eigenvalue weighted by atomic mass is 16.2. The zero-order valence-corrected chi connectivity index (χ0v) is 13.7. The van der Waals surface area contributed by atoms with Crippen molar-refractivity contribution >= 4 is 11.9 Å². The van der Waals surface area contributed by atoms with Crippen LogP contribution in [-0.2, 0) is 17.9 Å². The van der Waals surface area contributed by atoms with E-state index >= 15 is 0 Å². The van der Waals surface area contributed by atoms with Gasteiger partial charge >= 0.3 is 0 Å². The predicted octanol–water partition coefficient (Wildman–Crippen LogP) is 2.01. The second-order valence-electron chi connectivity index (χ2n) is 6.76. The van der Waals surface area contributed by atoms with Gasteiger partial charge in [0.05, 0.1) is 0 Å². The Hall–Kier alpha value is -2.04. The second-order valence-corrected chi connectivity index (χ2v) is 6.76. The maximum Gasteiger partial charge on any atom is 0.223 e. The van der Waals surface area contributed by atoms with Crippen LogP contribution in [0.1, 0.15) is 44.7 Å². The van der Waals surface area contributed by atoms with Crippen molar-refractivity contribution in [3.8, 4) is 0 Å². The molecule has 0 aliphatic carbocycles. The number of nitrogens with two attached hydrogens (primary N) is 1. The molecule has 0 saturated carbocycles. The molecule has 3 N–H and O–H groups in total. The monoisotopic (exact) mass is 302 g/mol. The summed E-state index contributed by atoms with van der Waals surface area (Å²) in [6.45, 7) is 8.12. The summed E-state index contributed by atoms with van der Waals surface area (Å²) in [7, 11) is 0. The molecule has 1 aromatic carbocycles. The molecule has 5 nitrogen and oxygen atoms in total. The number of nitrogens with one attached hydrogen (secondary N) is 1. The Kier molecular flexibility index (Phi) is 5.06. The van der Waals surface area contributed by atoms with Crippen LogP contribution in [0.3, 0.4) is 0 Å². The highest BCUT2D eigenvalue weighted by Crippen LogP contribution is 2.22. The lowest BCUT2D eigenvalue weighted by Crippen LogP contribution is -2.45. The maximum atomic E-state index is 12.2. The van der Waals surface area contributed by atoms with Crippen LogP contribution in [0.2, 0.25) is 0 Å². The number of hydrogen-bond donors (Lipinski definition) is 2. The van der Waals surface area contributed by atoms with Crippen LogP contribution in [-0.4, -0.2) is 28.9 Å². The van der Waals surface area contributed by atoms with Crippen molar-refractivity contribution in [2.75, 3.05) is 6.54 Å². The molecule has 1 aromatic rings. The minimum atomic E-state index is -0.0925. The molecule has 22 heavy (non-hydrogen) atoms. The predicted molar refractivity (Wildman–Crippen MR) is 89.3 cm³/mol. The number of carbonyl (C=O) groups excluding carboxylic acids is 1. The van der Waals surface area contributed by atoms with Gasteiger partial charge in [0, 0.05) is 31.6 Å². The standard InChI is InChI=1S/C17H26N4O/c1-17(2,3)20-16(18)19-10-6-9-15(22)21-11-13-7-4-5-8-14(13)12-21/h4-5,7-8H,6,9-12H2,1-3H3,(H3,18,19,20). The van der Waals surface area contributed by atoms with Crippen LogP contribution in [0.15, 0.2) is 29.3 Å². The summed E-state index contributed by atoms with van der Waals surface area (Å²) in [5.41, 5.74) is 8.22. The molecular formula is C17H26N4O. The molecule has 1 amide bonds. The summed E-state index contributed by atoms with van der Waals surface area (Å²) in [5, 5.41) is 3.11. The average Bonchev–Trinajstić information content (AvgIpc) is 2.85. The summed E-state index contributed by atoms with van der Waals surface area (Å²) < 4.78 is 0. The first-order valence-electron chi connectivity index (χ1n) is 7.78. The third-order valence-corrected chi connectivity index (χ3v) is 3.53. The molecule has 5 heteroatoms. The average molecular weight is 302 g/mol. The van der Waals surface area contributed by atoms with Crippen molar-refractivity contribution in [1.29, 1.82) is 0 Å². The Labute approximate surface area is 132 Å². The first-order valence-corrected chi connectivity index (χ1v) is 7.78. The van der Waals surface area contributed by atoms with Crippen molar-refractivity contribution < 1.29 is 4.79 Å². The number of guanidine groups is 1. The minimum Gasteiger partial charge on any atom is -0.370 e. The lowest BCUT2D eigenvalue weighted by molar-refractivity contribution is -0.131. The van der Waals surface area contributed by atoms with Crippen molar-refractivity contribution in [1.82, 2.24) is 10.2 Å². The molecule has 0 fully saturated rings. The quantitative estimate of drug-likeness (QED) is 0.508. The van der Waals surface area contributed by atoms with Crippen LogP contribution in [0.5, 0.6) is 0 Å². The number of fused-ring (bicyclic) bond motifs is 1. The molecule has 1 aliphatic heterocycles. The van der Waals surface area contributed by atoms with E-state index in [0.717, 1.165) is 19.5 Å². The normalized spacial score (nSPS) is 14.9. The molecule has 0 radical (unpaired) electrons. The summed E-state index contributed by atoms with van der Waals surface area (Å²) in [5.74, 6) is 0.627. The molecule has 0 unspecified atom stereocenters. The fourth-order valence-corrected chi connectivity index (χ4v) is 2.52. The molecule has 2 rings (SSSR count). The van der Waals surface area contributed by atoms with E-state index in [2.05, 4.69) is 22.4 Å². The fraction of sp³-hybridized carbons (Fsp3) is 0.529. The van der Waals surface area contributed by atoms with E-state index in [4.69, 9.17) is 5.73 Å². The van der Waals surface area contributed by atoms with Gasteiger partial charge in [-0.3, -0.25) is 9.79 Å². The van der Waals surface area contributed by atoms with Gasteiger partial charge in [-0.15, -0.1) is 0 Å². The first-order chi connectivity index (χ1) is 10.3. The highest BCUT2D eigenvalue weighted by molar-refractivity contribution is 5.79. The fourth-order valence-electron chi connectivity index (χ4n) is 2.52. The largest absolute Gasteiger partial charge is 0.370 e. The van der Waals surface area contributed by atoms with Crippen molar-refractivity contribution in [2.45, 2.75) is 52.2 Å². The van der Waals surface area contributed by atoms with E-state index in [0.29, 0.717) is 18.9 Å². The summed E-state index contributed by atoms with van der Waals surface area (Å²) in [4.78, 5) is 18.4. The molecule has 0 saturated heterocycles. The molecule has 1 heterocycles. The third-order valence-electron chi connectivity index (χ3n) is 3.53. The number of rotatable bonds is 4. The van der Waals surface area contributed by atoms with Crippen molar-refractivity contribution in [3.63, 3.8) is 0 Å². The molecule has 0 bridgehead atoms. The van der Waals surface area contributed by atoms with Crippen LogP contribution < -0.4 is 11.1 Å². The van der Waals surface area contributed by atoms with Crippen molar-refractivity contribution in [3.05, 3.63) is 35.4 Å². The number of benzene rings is 1. The van der Waals surface area contributed by atoms with Crippen LogP contribution in [0.4, 0.5) is 0 Å². The lowest BCUT2D eigenvalue weighted by atomic mass is 10.1. The van der Waals surface area contributed by atoms with Crippen LogP contribution >= 0.6 is 0 Å². The number of hydrogen-bond acceptors (Lipinski definition) is 2. The highest BCUT2D eigenvalue weighted by Gasteiger charge is 2.22. The van der Waals surface area contributed by atoms with Gasteiger partial charge in [0.25, 0.3) is 0 Å². The van der Waals surface area contributed by atoms with Gasteiger partial charge in [0.15, 0.2) is 5.96 Å². The maximum absolute atomic E-state index is 12.2. The van der Waals surface area contributed by atoms with E-state index in [9.17, 15) is 4.79 Å². The first kappa shape index (κ1) is 16.3. The Bertz CT molecular complexity index is 535. The zero-order valence-electron chi connectivity index (χ0n) is 13.7. The molecular weight excluding hydrogens is 276 g/mol. The number of carbonyl (C=O) groups is 1. The SMILES string of the molecule is CC(C)(C)NC(N)=NCCCC(=O)N1Cc2ccccc2C1. The number of nitrogens with zero attached hydrogens (tertiary/aromatic N) is 2. The topological polar surface area (TPSA) is 70.7 Å². The second kappa shape index (κ2) is 6.81. The Morgan fingerprint density at radius 3 is 2.41 bits per heavy atom. The zero-order chi connectivity index (χ0) is 16.2. The van der Waals surface area contributed by atoms with E-state index < -0.39 is 0 Å². The van der Waals surface area contributed by atoms with Gasteiger partial charge < -0.3 is 16.0 Å². The van der Waals surface area contributed by atoms with Crippen LogP contribution in [0, 0.1) is 0 Å². The van der Waals surface area contributed by atoms with Crippen molar-refractivity contribution in [2.24, 2.45) is 10.7 Å². The number of amides is 1. The van der Waals surface area contributed by atoms with E-state index in [1.54, 1.807) is 0 Å².